The Hall–Kier alpha value is -2.77. The summed E-state index contributed by atoms with van der Waals surface area (Å²) in [5.74, 6) is -1.22. The van der Waals surface area contributed by atoms with Crippen LogP contribution in [0.1, 0.15) is 34.2 Å². The first kappa shape index (κ1) is 18.6. The number of amides is 1. The molecule has 1 aromatic heterocycles. The maximum absolute atomic E-state index is 13.8. The van der Waals surface area contributed by atoms with Crippen molar-refractivity contribution in [1.29, 1.82) is 0 Å². The van der Waals surface area contributed by atoms with Gasteiger partial charge in [-0.05, 0) is 38.8 Å². The molecule has 7 nitrogen and oxygen atoms in total. The normalized spacial score (nSPS) is 12.0. The minimum Gasteiger partial charge on any atom is -0.352 e. The van der Waals surface area contributed by atoms with Gasteiger partial charge in [0.1, 0.15) is 5.82 Å². The van der Waals surface area contributed by atoms with Crippen LogP contribution in [0.3, 0.4) is 0 Å². The Kier molecular flexibility index (Phi) is 5.51. The monoisotopic (exact) mass is 348 g/mol. The molecule has 25 heavy (non-hydrogen) atoms. The van der Waals surface area contributed by atoms with Crippen LogP contribution >= 0.6 is 0 Å². The first-order chi connectivity index (χ1) is 11.7. The number of hydrogen-bond acceptors (Lipinski definition) is 4. The number of aryl methyl sites for hydroxylation is 2. The summed E-state index contributed by atoms with van der Waals surface area (Å²) in [4.78, 5) is 22.4. The Morgan fingerprint density at radius 2 is 2.04 bits per heavy atom. The van der Waals surface area contributed by atoms with E-state index >= 15 is 0 Å². The van der Waals surface area contributed by atoms with Crippen LogP contribution in [0.5, 0.6) is 0 Å². The number of aromatic nitrogens is 2. The van der Waals surface area contributed by atoms with Crippen LogP contribution in [0.25, 0.3) is 0 Å². The van der Waals surface area contributed by atoms with E-state index in [0.29, 0.717) is 13.1 Å². The number of rotatable bonds is 6. The molecule has 1 N–H and O–H groups in total. The second-order valence-corrected chi connectivity index (χ2v) is 6.28. The molecule has 0 spiro atoms. The van der Waals surface area contributed by atoms with E-state index in [-0.39, 0.29) is 17.0 Å². The molecular weight excluding hydrogens is 327 g/mol. The van der Waals surface area contributed by atoms with E-state index in [2.05, 4.69) is 10.4 Å². The van der Waals surface area contributed by atoms with Crippen molar-refractivity contribution in [2.24, 2.45) is 5.92 Å². The molecule has 0 saturated heterocycles. The summed E-state index contributed by atoms with van der Waals surface area (Å²) in [6.07, 6.45) is 0. The van der Waals surface area contributed by atoms with Gasteiger partial charge in [0.2, 0.25) is 0 Å². The largest absolute Gasteiger partial charge is 0.352 e. The molecule has 1 atom stereocenters. The highest BCUT2D eigenvalue weighted by molar-refractivity contribution is 5.95. The molecule has 0 saturated carbocycles. The van der Waals surface area contributed by atoms with Crippen molar-refractivity contribution in [1.82, 2.24) is 15.1 Å². The molecule has 1 amide bonds. The summed E-state index contributed by atoms with van der Waals surface area (Å²) in [5.41, 5.74) is 1.41. The number of hydrogen-bond donors (Lipinski definition) is 1. The molecule has 134 valence electrons. The molecule has 1 aromatic carbocycles. The summed E-state index contributed by atoms with van der Waals surface area (Å²) in [7, 11) is 0. The summed E-state index contributed by atoms with van der Waals surface area (Å²) < 4.78 is 15.7. The maximum atomic E-state index is 13.8. The predicted molar refractivity (Wildman–Crippen MR) is 91.0 cm³/mol. The highest BCUT2D eigenvalue weighted by Gasteiger charge is 2.19. The first-order valence-electron chi connectivity index (χ1n) is 7.92. The fraction of sp³-hybridized carbons (Fsp3) is 0.412. The standard InChI is InChI=1S/C17H21FN4O3/c1-10(9-21-12(3)5-11(2)20-21)8-19-17(23)14-6-15(18)13(4)16(7-14)22(24)25/h5-7,10H,8-9H2,1-4H3,(H,19,23). The Balaban J connectivity index is 2.02. The second kappa shape index (κ2) is 7.42. The van der Waals surface area contributed by atoms with E-state index in [1.165, 1.54) is 6.92 Å². The lowest BCUT2D eigenvalue weighted by atomic mass is 10.1. The number of nitro groups is 1. The summed E-state index contributed by atoms with van der Waals surface area (Å²) in [6, 6.07) is 4.09. The third-order valence-corrected chi connectivity index (χ3v) is 3.97. The lowest BCUT2D eigenvalue weighted by Crippen LogP contribution is -2.30. The highest BCUT2D eigenvalue weighted by atomic mass is 19.1. The SMILES string of the molecule is Cc1cc(C)n(CC(C)CNC(=O)c2cc(F)c(C)c([N+](=O)[O-])c2)n1. The third-order valence-electron chi connectivity index (χ3n) is 3.97. The van der Waals surface area contributed by atoms with Gasteiger partial charge in [0, 0.05) is 30.4 Å². The molecule has 0 fully saturated rings. The highest BCUT2D eigenvalue weighted by Crippen LogP contribution is 2.22. The van der Waals surface area contributed by atoms with Crippen molar-refractivity contribution in [3.8, 4) is 0 Å². The Bertz CT molecular complexity index is 816. The van der Waals surface area contributed by atoms with Crippen LogP contribution in [0.4, 0.5) is 10.1 Å². The molecule has 0 aliphatic heterocycles. The summed E-state index contributed by atoms with van der Waals surface area (Å²) in [6.45, 7) is 8.11. The van der Waals surface area contributed by atoms with Gasteiger partial charge in [0.25, 0.3) is 11.6 Å². The second-order valence-electron chi connectivity index (χ2n) is 6.28. The van der Waals surface area contributed by atoms with Crippen LogP contribution in [0, 0.1) is 42.6 Å². The maximum Gasteiger partial charge on any atom is 0.276 e. The zero-order valence-electron chi connectivity index (χ0n) is 14.7. The van der Waals surface area contributed by atoms with E-state index in [1.54, 1.807) is 0 Å². The zero-order chi connectivity index (χ0) is 18.7. The Labute approximate surface area is 145 Å². The van der Waals surface area contributed by atoms with Gasteiger partial charge in [-0.3, -0.25) is 19.6 Å². The van der Waals surface area contributed by atoms with Crippen LogP contribution in [-0.2, 0) is 6.54 Å². The average Bonchev–Trinajstić information content (AvgIpc) is 2.84. The molecule has 0 aliphatic carbocycles. The van der Waals surface area contributed by atoms with Crippen molar-refractivity contribution in [3.05, 3.63) is 56.6 Å². The van der Waals surface area contributed by atoms with Crippen molar-refractivity contribution < 1.29 is 14.1 Å². The number of benzene rings is 1. The third kappa shape index (κ3) is 4.40. The molecule has 8 heteroatoms. The molecule has 2 aromatic rings. The lowest BCUT2D eigenvalue weighted by molar-refractivity contribution is -0.385. The van der Waals surface area contributed by atoms with Crippen LogP contribution in [-0.4, -0.2) is 27.2 Å². The van der Waals surface area contributed by atoms with Gasteiger partial charge in [-0.25, -0.2) is 4.39 Å². The number of nitrogens with one attached hydrogen (secondary N) is 1. The summed E-state index contributed by atoms with van der Waals surface area (Å²) >= 11 is 0. The smallest absolute Gasteiger partial charge is 0.276 e. The number of carbonyl (C=O) groups excluding carboxylic acids is 1. The van der Waals surface area contributed by atoms with E-state index < -0.39 is 22.3 Å². The quantitative estimate of drug-likeness (QED) is 0.642. The summed E-state index contributed by atoms with van der Waals surface area (Å²) in [5, 5.41) is 18.0. The molecule has 1 unspecified atom stereocenters. The van der Waals surface area contributed by atoms with Gasteiger partial charge in [-0.15, -0.1) is 0 Å². The number of nitrogens with zero attached hydrogens (tertiary/aromatic N) is 3. The van der Waals surface area contributed by atoms with Gasteiger partial charge in [0.05, 0.1) is 16.2 Å². The van der Waals surface area contributed by atoms with Crippen LogP contribution in [0.15, 0.2) is 18.2 Å². The number of halogens is 1. The lowest BCUT2D eigenvalue weighted by Gasteiger charge is -2.14. The van der Waals surface area contributed by atoms with E-state index in [4.69, 9.17) is 0 Å². The van der Waals surface area contributed by atoms with Gasteiger partial charge in [-0.2, -0.15) is 5.10 Å². The number of nitro benzene ring substituents is 1. The topological polar surface area (TPSA) is 90.1 Å². The van der Waals surface area contributed by atoms with E-state index in [1.807, 2.05) is 31.5 Å². The fourth-order valence-electron chi connectivity index (χ4n) is 2.57. The Morgan fingerprint density at radius 3 is 2.60 bits per heavy atom. The Morgan fingerprint density at radius 1 is 1.36 bits per heavy atom. The van der Waals surface area contributed by atoms with Crippen molar-refractivity contribution in [2.45, 2.75) is 34.2 Å². The molecule has 0 bridgehead atoms. The predicted octanol–water partition coefficient (Wildman–Crippen LogP) is 2.92. The first-order valence-corrected chi connectivity index (χ1v) is 7.92. The van der Waals surface area contributed by atoms with Crippen molar-refractivity contribution in [3.63, 3.8) is 0 Å². The van der Waals surface area contributed by atoms with Gasteiger partial charge >= 0.3 is 0 Å². The minimum absolute atomic E-state index is 0.0619. The molecule has 1 heterocycles. The van der Waals surface area contributed by atoms with Gasteiger partial charge in [0.15, 0.2) is 0 Å². The van der Waals surface area contributed by atoms with E-state index in [9.17, 15) is 19.3 Å². The molecule has 0 radical (unpaired) electrons. The zero-order valence-corrected chi connectivity index (χ0v) is 14.7. The van der Waals surface area contributed by atoms with Crippen LogP contribution in [0.2, 0.25) is 0 Å². The molecule has 0 aliphatic rings. The fourth-order valence-corrected chi connectivity index (χ4v) is 2.57. The van der Waals surface area contributed by atoms with Gasteiger partial charge in [-0.1, -0.05) is 6.92 Å². The molecule has 2 rings (SSSR count). The minimum atomic E-state index is -0.768. The van der Waals surface area contributed by atoms with E-state index in [0.717, 1.165) is 23.5 Å². The van der Waals surface area contributed by atoms with Crippen molar-refractivity contribution >= 4 is 11.6 Å². The average molecular weight is 348 g/mol. The van der Waals surface area contributed by atoms with Gasteiger partial charge < -0.3 is 5.32 Å². The van der Waals surface area contributed by atoms with Crippen molar-refractivity contribution in [2.75, 3.05) is 6.54 Å². The molecular formula is C17H21FN4O3. The van der Waals surface area contributed by atoms with Crippen LogP contribution < -0.4 is 5.32 Å². The number of carbonyl (C=O) groups is 1.